The number of thiophene rings is 1. The molecule has 0 aliphatic heterocycles. The Hall–Kier alpha value is -1.07. The molecular weight excluding hydrogens is 232 g/mol. The highest BCUT2D eigenvalue weighted by molar-refractivity contribution is 7.09. The largest absolute Gasteiger partial charge is 0.337 e. The van der Waals surface area contributed by atoms with E-state index in [0.717, 1.165) is 25.6 Å². The standard InChI is InChI=1S/C12H22N4S/c1-4-16(9-11-6-5-7-17-11)12(15-13)14-8-10(2)3/h5-7,10H,4,8-9,13H2,1-3H3,(H,14,15). The van der Waals surface area contributed by atoms with Gasteiger partial charge in [0.05, 0.1) is 6.54 Å². The highest BCUT2D eigenvalue weighted by Gasteiger charge is 2.09. The topological polar surface area (TPSA) is 53.6 Å². The summed E-state index contributed by atoms with van der Waals surface area (Å²) in [5.41, 5.74) is 2.70. The number of nitrogens with two attached hydrogens (primary N) is 1. The first-order valence-corrected chi connectivity index (χ1v) is 6.83. The molecule has 0 radical (unpaired) electrons. The third-order valence-electron chi connectivity index (χ3n) is 2.34. The van der Waals surface area contributed by atoms with Crippen molar-refractivity contribution in [3.63, 3.8) is 0 Å². The van der Waals surface area contributed by atoms with Crippen molar-refractivity contribution >= 4 is 17.3 Å². The van der Waals surface area contributed by atoms with E-state index in [1.807, 2.05) is 0 Å². The van der Waals surface area contributed by atoms with Gasteiger partial charge in [-0.2, -0.15) is 0 Å². The summed E-state index contributed by atoms with van der Waals surface area (Å²) in [7, 11) is 0. The lowest BCUT2D eigenvalue weighted by Gasteiger charge is -2.23. The van der Waals surface area contributed by atoms with Crippen molar-refractivity contribution in [3.8, 4) is 0 Å². The summed E-state index contributed by atoms with van der Waals surface area (Å²) in [5.74, 6) is 6.86. The molecule has 0 aliphatic carbocycles. The molecule has 0 bridgehead atoms. The molecule has 0 saturated carbocycles. The maximum absolute atomic E-state index is 5.55. The average Bonchev–Trinajstić information content (AvgIpc) is 2.80. The van der Waals surface area contributed by atoms with Gasteiger partial charge in [-0.25, -0.2) is 5.84 Å². The number of hydrazine groups is 1. The number of nitrogens with zero attached hydrogens (tertiary/aromatic N) is 2. The summed E-state index contributed by atoms with van der Waals surface area (Å²) in [6.07, 6.45) is 0. The van der Waals surface area contributed by atoms with E-state index < -0.39 is 0 Å². The molecule has 1 aromatic heterocycles. The van der Waals surface area contributed by atoms with Gasteiger partial charge in [0.15, 0.2) is 0 Å². The van der Waals surface area contributed by atoms with E-state index in [-0.39, 0.29) is 0 Å². The molecule has 5 heteroatoms. The van der Waals surface area contributed by atoms with Crippen LogP contribution in [0, 0.1) is 5.92 Å². The van der Waals surface area contributed by atoms with Crippen molar-refractivity contribution in [2.75, 3.05) is 13.1 Å². The predicted molar refractivity (Wildman–Crippen MR) is 74.9 cm³/mol. The van der Waals surface area contributed by atoms with E-state index in [2.05, 4.69) is 53.6 Å². The third kappa shape index (κ3) is 4.75. The van der Waals surface area contributed by atoms with E-state index in [1.54, 1.807) is 11.3 Å². The van der Waals surface area contributed by atoms with E-state index >= 15 is 0 Å². The summed E-state index contributed by atoms with van der Waals surface area (Å²) >= 11 is 1.75. The molecule has 1 aromatic rings. The van der Waals surface area contributed by atoms with Gasteiger partial charge in [0, 0.05) is 18.0 Å². The van der Waals surface area contributed by atoms with Gasteiger partial charge in [-0.15, -0.1) is 11.3 Å². The molecule has 96 valence electrons. The fourth-order valence-electron chi connectivity index (χ4n) is 1.43. The Bertz CT molecular complexity index is 332. The lowest BCUT2D eigenvalue weighted by Crippen LogP contribution is -2.44. The second kappa shape index (κ2) is 7.29. The smallest absolute Gasteiger partial charge is 0.208 e. The summed E-state index contributed by atoms with van der Waals surface area (Å²) in [6, 6.07) is 4.19. The van der Waals surface area contributed by atoms with Crippen LogP contribution in [0.1, 0.15) is 25.6 Å². The molecule has 0 aromatic carbocycles. The van der Waals surface area contributed by atoms with Crippen LogP contribution in [0.5, 0.6) is 0 Å². The zero-order valence-electron chi connectivity index (χ0n) is 10.8. The minimum absolute atomic E-state index is 0.541. The molecule has 0 saturated heterocycles. The Balaban J connectivity index is 2.66. The van der Waals surface area contributed by atoms with Gasteiger partial charge in [-0.1, -0.05) is 19.9 Å². The molecule has 3 N–H and O–H groups in total. The Morgan fingerprint density at radius 2 is 2.35 bits per heavy atom. The van der Waals surface area contributed by atoms with Gasteiger partial charge >= 0.3 is 0 Å². The van der Waals surface area contributed by atoms with Crippen LogP contribution in [0.4, 0.5) is 0 Å². The molecule has 0 amide bonds. The normalized spacial score (nSPS) is 11.9. The molecule has 17 heavy (non-hydrogen) atoms. The fourth-order valence-corrected chi connectivity index (χ4v) is 2.15. The maximum atomic E-state index is 5.55. The monoisotopic (exact) mass is 254 g/mol. The quantitative estimate of drug-likeness (QED) is 0.366. The summed E-state index contributed by atoms with van der Waals surface area (Å²) in [6.45, 7) is 8.94. The average molecular weight is 254 g/mol. The van der Waals surface area contributed by atoms with E-state index in [1.165, 1.54) is 4.88 Å². The van der Waals surface area contributed by atoms with E-state index in [9.17, 15) is 0 Å². The minimum atomic E-state index is 0.541. The van der Waals surface area contributed by atoms with Crippen molar-refractivity contribution in [3.05, 3.63) is 22.4 Å². The van der Waals surface area contributed by atoms with Crippen LogP contribution in [0.3, 0.4) is 0 Å². The van der Waals surface area contributed by atoms with Crippen LogP contribution in [0.15, 0.2) is 22.5 Å². The zero-order chi connectivity index (χ0) is 12.7. The van der Waals surface area contributed by atoms with Crippen molar-refractivity contribution < 1.29 is 0 Å². The number of guanidine groups is 1. The van der Waals surface area contributed by atoms with Crippen LogP contribution in [-0.2, 0) is 6.54 Å². The summed E-state index contributed by atoms with van der Waals surface area (Å²) in [5, 5.41) is 2.09. The first kappa shape index (κ1) is 14.0. The molecule has 0 atom stereocenters. The van der Waals surface area contributed by atoms with Crippen molar-refractivity contribution in [1.29, 1.82) is 0 Å². The lowest BCUT2D eigenvalue weighted by molar-refractivity contribution is 0.419. The number of hydrogen-bond acceptors (Lipinski definition) is 3. The second-order valence-corrected chi connectivity index (χ2v) is 5.33. The van der Waals surface area contributed by atoms with Gasteiger partial charge in [-0.05, 0) is 24.3 Å². The molecular formula is C12H22N4S. The summed E-state index contributed by atoms with van der Waals surface area (Å²) < 4.78 is 0. The number of aliphatic imine (C=N–C) groups is 1. The van der Waals surface area contributed by atoms with Gasteiger partial charge < -0.3 is 4.90 Å². The highest BCUT2D eigenvalue weighted by Crippen LogP contribution is 2.11. The molecule has 0 aliphatic rings. The molecule has 0 spiro atoms. The van der Waals surface area contributed by atoms with Crippen LogP contribution in [0.2, 0.25) is 0 Å². The van der Waals surface area contributed by atoms with Crippen molar-refractivity contribution in [2.24, 2.45) is 16.8 Å². The molecule has 0 unspecified atom stereocenters. The Morgan fingerprint density at radius 3 is 2.82 bits per heavy atom. The molecule has 0 fully saturated rings. The van der Waals surface area contributed by atoms with Gasteiger partial charge in [0.2, 0.25) is 5.96 Å². The van der Waals surface area contributed by atoms with Crippen molar-refractivity contribution in [2.45, 2.75) is 27.3 Å². The first-order chi connectivity index (χ1) is 8.17. The molecule has 1 rings (SSSR count). The Kier molecular flexibility index (Phi) is 6.00. The zero-order valence-corrected chi connectivity index (χ0v) is 11.6. The van der Waals surface area contributed by atoms with Gasteiger partial charge in [0.1, 0.15) is 0 Å². The number of nitrogens with one attached hydrogen (secondary N) is 1. The van der Waals surface area contributed by atoms with E-state index in [4.69, 9.17) is 5.84 Å². The molecule has 4 nitrogen and oxygen atoms in total. The minimum Gasteiger partial charge on any atom is -0.337 e. The van der Waals surface area contributed by atoms with Crippen LogP contribution >= 0.6 is 11.3 Å². The van der Waals surface area contributed by atoms with Crippen LogP contribution < -0.4 is 11.3 Å². The maximum Gasteiger partial charge on any atom is 0.208 e. The SMILES string of the molecule is CCN(Cc1cccs1)C(=NCC(C)C)NN. The van der Waals surface area contributed by atoms with Gasteiger partial charge in [0.25, 0.3) is 0 Å². The Labute approximate surface area is 108 Å². The second-order valence-electron chi connectivity index (χ2n) is 4.30. The fraction of sp³-hybridized carbons (Fsp3) is 0.583. The Morgan fingerprint density at radius 1 is 1.59 bits per heavy atom. The first-order valence-electron chi connectivity index (χ1n) is 5.95. The lowest BCUT2D eigenvalue weighted by atomic mass is 10.2. The predicted octanol–water partition coefficient (Wildman–Crippen LogP) is 2.05. The number of rotatable bonds is 5. The van der Waals surface area contributed by atoms with Crippen LogP contribution in [-0.4, -0.2) is 23.9 Å². The van der Waals surface area contributed by atoms with Gasteiger partial charge in [-0.3, -0.25) is 10.4 Å². The van der Waals surface area contributed by atoms with E-state index in [0.29, 0.717) is 5.92 Å². The van der Waals surface area contributed by atoms with Crippen molar-refractivity contribution in [1.82, 2.24) is 10.3 Å². The third-order valence-corrected chi connectivity index (χ3v) is 3.20. The van der Waals surface area contributed by atoms with Crippen LogP contribution in [0.25, 0.3) is 0 Å². The molecule has 1 heterocycles. The summed E-state index contributed by atoms with van der Waals surface area (Å²) in [4.78, 5) is 7.97. The highest BCUT2D eigenvalue weighted by atomic mass is 32.1. The number of hydrogen-bond donors (Lipinski definition) is 2.